The van der Waals surface area contributed by atoms with Crippen molar-refractivity contribution >= 4 is 29.9 Å². The zero-order valence-electron chi connectivity index (χ0n) is 11.9. The Labute approximate surface area is 122 Å². The molecule has 1 aromatic rings. The normalized spacial score (nSPS) is 18.1. The Morgan fingerprint density at radius 3 is 2.85 bits per heavy atom. The average Bonchev–Trinajstić information content (AvgIpc) is 3.03. The lowest BCUT2D eigenvalue weighted by Gasteiger charge is -2.30. The molecule has 20 heavy (non-hydrogen) atoms. The van der Waals surface area contributed by atoms with Crippen molar-refractivity contribution in [3.8, 4) is 0 Å². The maximum Gasteiger partial charge on any atom is 0.342 e. The molecule has 0 bridgehead atoms. The van der Waals surface area contributed by atoms with Gasteiger partial charge in [0, 0.05) is 7.05 Å². The number of nitrogens with zero attached hydrogens (tertiary/aromatic N) is 4. The van der Waals surface area contributed by atoms with Crippen LogP contribution in [0.3, 0.4) is 0 Å². The highest BCUT2D eigenvalue weighted by Crippen LogP contribution is 2.23. The second-order valence-corrected chi connectivity index (χ2v) is 6.03. The molecule has 0 saturated carbocycles. The molecule has 2 rings (SSSR count). The van der Waals surface area contributed by atoms with E-state index in [2.05, 4.69) is 16.8 Å². The van der Waals surface area contributed by atoms with E-state index in [1.54, 1.807) is 11.9 Å². The van der Waals surface area contributed by atoms with Gasteiger partial charge in [0.1, 0.15) is 6.73 Å². The van der Waals surface area contributed by atoms with Crippen LogP contribution in [0.5, 0.6) is 0 Å². The van der Waals surface area contributed by atoms with Gasteiger partial charge >= 0.3 is 6.03 Å². The van der Waals surface area contributed by atoms with Crippen molar-refractivity contribution in [2.75, 3.05) is 20.4 Å². The van der Waals surface area contributed by atoms with Gasteiger partial charge in [-0.05, 0) is 32.0 Å². The van der Waals surface area contributed by atoms with Gasteiger partial charge in [-0.15, -0.1) is 16.4 Å². The number of hydrogen-bond donors (Lipinski definition) is 0. The van der Waals surface area contributed by atoms with E-state index in [4.69, 9.17) is 4.74 Å². The summed E-state index contributed by atoms with van der Waals surface area (Å²) in [6, 6.07) is 3.57. The van der Waals surface area contributed by atoms with Crippen molar-refractivity contribution in [1.82, 2.24) is 9.91 Å². The molecule has 0 unspecified atom stereocenters. The fourth-order valence-corrected chi connectivity index (χ4v) is 2.55. The molecule has 108 valence electrons. The highest BCUT2D eigenvalue weighted by Gasteiger charge is 2.38. The van der Waals surface area contributed by atoms with Crippen molar-refractivity contribution in [3.63, 3.8) is 0 Å². The zero-order valence-corrected chi connectivity index (χ0v) is 12.7. The standard InChI is InChI=1S/C13H18N4O2S/c1-13(2)8-19-9-17(13)12(18)16(4)15-11(14-3)10-6-5-7-20-10/h5-7H,3,8-9H2,1-2,4H3. The number of ether oxygens (including phenoxy) is 1. The van der Waals surface area contributed by atoms with Crippen molar-refractivity contribution in [1.29, 1.82) is 0 Å². The van der Waals surface area contributed by atoms with E-state index in [1.807, 2.05) is 31.4 Å². The number of rotatable bonds is 2. The van der Waals surface area contributed by atoms with Gasteiger partial charge in [-0.1, -0.05) is 6.07 Å². The summed E-state index contributed by atoms with van der Waals surface area (Å²) in [4.78, 5) is 18.8. The Hall–Kier alpha value is -1.73. The number of hydrogen-bond acceptors (Lipinski definition) is 4. The molecular weight excluding hydrogens is 276 g/mol. The summed E-state index contributed by atoms with van der Waals surface area (Å²) in [5.41, 5.74) is -0.328. The third-order valence-electron chi connectivity index (χ3n) is 3.05. The molecule has 1 aromatic heterocycles. The lowest BCUT2D eigenvalue weighted by Crippen LogP contribution is -2.48. The molecule has 1 saturated heterocycles. The van der Waals surface area contributed by atoms with Crippen LogP contribution in [0.25, 0.3) is 0 Å². The number of hydrazone groups is 1. The molecule has 2 heterocycles. The topological polar surface area (TPSA) is 57.5 Å². The highest BCUT2D eigenvalue weighted by atomic mass is 32.1. The number of aliphatic imine (C=N–C) groups is 1. The molecule has 0 aromatic carbocycles. The summed E-state index contributed by atoms with van der Waals surface area (Å²) in [7, 11) is 1.61. The number of carbonyl (C=O) groups excluding carboxylic acids is 1. The number of carbonyl (C=O) groups is 1. The number of amidine groups is 1. The minimum atomic E-state index is -0.328. The third kappa shape index (κ3) is 2.88. The van der Waals surface area contributed by atoms with Gasteiger partial charge in [0.2, 0.25) is 0 Å². The van der Waals surface area contributed by atoms with E-state index in [1.165, 1.54) is 16.3 Å². The molecule has 0 N–H and O–H groups in total. The van der Waals surface area contributed by atoms with Crippen molar-refractivity contribution in [2.45, 2.75) is 19.4 Å². The van der Waals surface area contributed by atoms with Crippen LogP contribution in [0.1, 0.15) is 18.7 Å². The summed E-state index contributed by atoms with van der Waals surface area (Å²) in [5.74, 6) is 0.439. The predicted octanol–water partition coefficient (Wildman–Crippen LogP) is 2.23. The second-order valence-electron chi connectivity index (χ2n) is 5.08. The zero-order chi connectivity index (χ0) is 14.8. The third-order valence-corrected chi connectivity index (χ3v) is 3.92. The van der Waals surface area contributed by atoms with Crippen LogP contribution in [0.4, 0.5) is 4.79 Å². The monoisotopic (exact) mass is 294 g/mol. The molecule has 1 aliphatic heterocycles. The molecule has 6 nitrogen and oxygen atoms in total. The largest absolute Gasteiger partial charge is 0.359 e. The Morgan fingerprint density at radius 2 is 2.35 bits per heavy atom. The Balaban J connectivity index is 2.16. The van der Waals surface area contributed by atoms with Crippen LogP contribution < -0.4 is 0 Å². The number of urea groups is 1. The predicted molar refractivity (Wildman–Crippen MR) is 80.3 cm³/mol. The van der Waals surface area contributed by atoms with Gasteiger partial charge in [-0.3, -0.25) is 4.90 Å². The second kappa shape index (κ2) is 5.72. The van der Waals surface area contributed by atoms with E-state index in [0.29, 0.717) is 12.4 Å². The first-order chi connectivity index (χ1) is 9.45. The summed E-state index contributed by atoms with van der Waals surface area (Å²) in [5, 5.41) is 7.44. The molecular formula is C13H18N4O2S. The van der Waals surface area contributed by atoms with Crippen molar-refractivity contribution in [3.05, 3.63) is 22.4 Å². The van der Waals surface area contributed by atoms with E-state index in [-0.39, 0.29) is 18.3 Å². The first kappa shape index (κ1) is 14.7. The maximum atomic E-state index is 12.4. The minimum Gasteiger partial charge on any atom is -0.359 e. The lowest BCUT2D eigenvalue weighted by molar-refractivity contribution is 0.118. The van der Waals surface area contributed by atoms with E-state index in [9.17, 15) is 4.79 Å². The van der Waals surface area contributed by atoms with Crippen LogP contribution in [-0.4, -0.2) is 54.4 Å². The summed E-state index contributed by atoms with van der Waals surface area (Å²) in [6.07, 6.45) is 0. The average molecular weight is 294 g/mol. The van der Waals surface area contributed by atoms with Gasteiger partial charge in [-0.2, -0.15) is 0 Å². The fourth-order valence-electron chi connectivity index (χ4n) is 1.88. The van der Waals surface area contributed by atoms with Crippen molar-refractivity contribution in [2.24, 2.45) is 10.1 Å². The number of amides is 2. The Bertz CT molecular complexity index is 524. The molecule has 7 heteroatoms. The molecule has 0 spiro atoms. The van der Waals surface area contributed by atoms with Gasteiger partial charge in [-0.25, -0.2) is 14.8 Å². The smallest absolute Gasteiger partial charge is 0.342 e. The van der Waals surface area contributed by atoms with Crippen LogP contribution in [0.15, 0.2) is 27.6 Å². The fraction of sp³-hybridized carbons (Fsp3) is 0.462. The minimum absolute atomic E-state index is 0.217. The van der Waals surface area contributed by atoms with Crippen LogP contribution >= 0.6 is 11.3 Å². The van der Waals surface area contributed by atoms with E-state index in [0.717, 1.165) is 4.88 Å². The Kier molecular flexibility index (Phi) is 4.20. The van der Waals surface area contributed by atoms with E-state index < -0.39 is 0 Å². The first-order valence-corrected chi connectivity index (χ1v) is 7.06. The quantitative estimate of drug-likeness (QED) is 0.477. The first-order valence-electron chi connectivity index (χ1n) is 6.18. The SMILES string of the molecule is C=NC(=NN(C)C(=O)N1COCC1(C)C)c1cccs1. The van der Waals surface area contributed by atoms with E-state index >= 15 is 0 Å². The van der Waals surface area contributed by atoms with Crippen LogP contribution in [-0.2, 0) is 4.74 Å². The van der Waals surface area contributed by atoms with Crippen LogP contribution in [0, 0.1) is 0 Å². The number of thiophene rings is 1. The van der Waals surface area contributed by atoms with Gasteiger partial charge in [0.15, 0.2) is 5.84 Å². The van der Waals surface area contributed by atoms with Crippen LogP contribution in [0.2, 0.25) is 0 Å². The molecule has 0 atom stereocenters. The lowest BCUT2D eigenvalue weighted by atomic mass is 10.1. The van der Waals surface area contributed by atoms with Gasteiger partial charge in [0.05, 0.1) is 17.0 Å². The molecule has 2 amide bonds. The Morgan fingerprint density at radius 1 is 1.60 bits per heavy atom. The molecule has 0 aliphatic carbocycles. The molecule has 0 radical (unpaired) electrons. The van der Waals surface area contributed by atoms with Crippen molar-refractivity contribution < 1.29 is 9.53 Å². The van der Waals surface area contributed by atoms with Gasteiger partial charge in [0.25, 0.3) is 0 Å². The highest BCUT2D eigenvalue weighted by molar-refractivity contribution is 7.12. The molecule has 1 fully saturated rings. The summed E-state index contributed by atoms with van der Waals surface area (Å²) < 4.78 is 5.34. The molecule has 1 aliphatic rings. The summed E-state index contributed by atoms with van der Waals surface area (Å²) >= 11 is 1.50. The maximum absolute atomic E-state index is 12.4. The summed E-state index contributed by atoms with van der Waals surface area (Å²) in [6.45, 7) is 8.23. The van der Waals surface area contributed by atoms with Gasteiger partial charge < -0.3 is 4.74 Å².